The zero-order valence-corrected chi connectivity index (χ0v) is 16.1. The van der Waals surface area contributed by atoms with E-state index in [-0.39, 0.29) is 0 Å². The zero-order valence-electron chi connectivity index (χ0n) is 16.1. The van der Waals surface area contributed by atoms with Crippen LogP contribution in [0.5, 0.6) is 11.8 Å². The van der Waals surface area contributed by atoms with Gasteiger partial charge in [0.25, 0.3) is 0 Å². The van der Waals surface area contributed by atoms with Crippen molar-refractivity contribution in [3.8, 4) is 11.8 Å². The van der Waals surface area contributed by atoms with Crippen LogP contribution in [0.1, 0.15) is 44.6 Å². The fraction of sp³-hybridized carbons (Fsp3) is 0.435. The molecule has 0 spiro atoms. The Morgan fingerprint density at radius 3 is 2.56 bits per heavy atom. The molecule has 0 atom stereocenters. The van der Waals surface area contributed by atoms with Crippen LogP contribution >= 0.6 is 0 Å². The smallest absolute Gasteiger partial charge is 0.400 e. The lowest BCUT2D eigenvalue weighted by Crippen LogP contribution is -2.38. The lowest BCUT2D eigenvalue weighted by molar-refractivity contribution is 0.165. The summed E-state index contributed by atoms with van der Waals surface area (Å²) in [5.74, 6) is 0.755. The molecular weight excluding hydrogens is 336 g/mol. The van der Waals surface area contributed by atoms with Crippen LogP contribution in [0.25, 0.3) is 11.1 Å². The van der Waals surface area contributed by atoms with Gasteiger partial charge < -0.3 is 14.1 Å². The molecule has 27 heavy (non-hydrogen) atoms. The number of hydrogen-bond acceptors (Lipinski definition) is 4. The van der Waals surface area contributed by atoms with E-state index in [1.807, 2.05) is 36.4 Å². The molecule has 3 aromatic rings. The van der Waals surface area contributed by atoms with Crippen LogP contribution in [0.15, 0.2) is 52.9 Å². The molecule has 0 bridgehead atoms. The standard InChI is InChI=1S/C23H28N2O2/c1-2-25(19-8-4-3-5-9-19)17-16-18-12-14-20(15-13-18)26-23-24-21-10-6-7-11-22(21)27-23/h6-7,10-15,19H,2-5,8-9,16-17H2,1H3. The van der Waals surface area contributed by atoms with Gasteiger partial charge in [0.2, 0.25) is 0 Å². The van der Waals surface area contributed by atoms with Crippen molar-refractivity contribution in [3.63, 3.8) is 0 Å². The van der Waals surface area contributed by atoms with E-state index >= 15 is 0 Å². The summed E-state index contributed by atoms with van der Waals surface area (Å²) in [6.45, 7) is 4.56. The van der Waals surface area contributed by atoms with E-state index < -0.39 is 0 Å². The maximum atomic E-state index is 5.77. The minimum atomic E-state index is 0.290. The van der Waals surface area contributed by atoms with Crippen LogP contribution in [-0.4, -0.2) is 29.0 Å². The fourth-order valence-electron chi connectivity index (χ4n) is 4.04. The molecule has 4 nitrogen and oxygen atoms in total. The van der Waals surface area contributed by atoms with E-state index in [0.29, 0.717) is 6.08 Å². The maximum absolute atomic E-state index is 5.77. The third-order valence-electron chi connectivity index (χ3n) is 5.59. The number of ether oxygens (including phenoxy) is 1. The molecule has 0 saturated heterocycles. The first-order chi connectivity index (χ1) is 13.3. The number of nitrogens with zero attached hydrogens (tertiary/aromatic N) is 2. The van der Waals surface area contributed by atoms with E-state index in [9.17, 15) is 0 Å². The lowest BCUT2D eigenvalue weighted by Gasteiger charge is -2.33. The second-order valence-electron chi connectivity index (χ2n) is 7.36. The normalized spacial score (nSPS) is 15.5. The summed E-state index contributed by atoms with van der Waals surface area (Å²) < 4.78 is 11.4. The molecule has 1 aliphatic carbocycles. The minimum absolute atomic E-state index is 0.290. The van der Waals surface area contributed by atoms with Gasteiger partial charge in [-0.15, -0.1) is 0 Å². The molecular formula is C23H28N2O2. The summed E-state index contributed by atoms with van der Waals surface area (Å²) >= 11 is 0. The Labute approximate surface area is 161 Å². The molecule has 1 aromatic heterocycles. The topological polar surface area (TPSA) is 38.5 Å². The summed E-state index contributed by atoms with van der Waals surface area (Å²) in [7, 11) is 0. The Hall–Kier alpha value is -2.33. The van der Waals surface area contributed by atoms with Gasteiger partial charge in [-0.3, -0.25) is 0 Å². The van der Waals surface area contributed by atoms with Crippen LogP contribution < -0.4 is 4.74 Å². The van der Waals surface area contributed by atoms with E-state index in [4.69, 9.17) is 9.15 Å². The molecule has 0 N–H and O–H groups in total. The number of likely N-dealkylation sites (N-methyl/N-ethyl adjacent to an activating group) is 1. The van der Waals surface area contributed by atoms with Crippen molar-refractivity contribution in [3.05, 3.63) is 54.1 Å². The van der Waals surface area contributed by atoms with Gasteiger partial charge >= 0.3 is 6.08 Å². The second-order valence-corrected chi connectivity index (χ2v) is 7.36. The van der Waals surface area contributed by atoms with E-state index in [0.717, 1.165) is 42.4 Å². The van der Waals surface area contributed by atoms with Crippen molar-refractivity contribution in [2.24, 2.45) is 0 Å². The molecule has 1 aliphatic rings. The van der Waals surface area contributed by atoms with E-state index in [2.05, 4.69) is 28.9 Å². The molecule has 142 valence electrons. The molecule has 0 aliphatic heterocycles. The minimum Gasteiger partial charge on any atom is -0.411 e. The van der Waals surface area contributed by atoms with E-state index in [1.165, 1.54) is 37.7 Å². The summed E-state index contributed by atoms with van der Waals surface area (Å²) in [6.07, 6.45) is 8.30. The van der Waals surface area contributed by atoms with Crippen molar-refractivity contribution in [2.45, 2.75) is 51.5 Å². The molecule has 1 fully saturated rings. The first-order valence-electron chi connectivity index (χ1n) is 10.2. The van der Waals surface area contributed by atoms with Gasteiger partial charge in [0, 0.05) is 12.6 Å². The number of oxazole rings is 1. The quantitative estimate of drug-likeness (QED) is 0.530. The highest BCUT2D eigenvalue weighted by molar-refractivity contribution is 5.72. The van der Waals surface area contributed by atoms with Gasteiger partial charge in [-0.1, -0.05) is 50.5 Å². The molecule has 1 heterocycles. The highest BCUT2D eigenvalue weighted by atomic mass is 16.6. The average Bonchev–Trinajstić information content (AvgIpc) is 3.13. The Morgan fingerprint density at radius 1 is 1.04 bits per heavy atom. The Balaban J connectivity index is 1.34. The predicted octanol–water partition coefficient (Wildman–Crippen LogP) is 5.82. The molecule has 0 radical (unpaired) electrons. The number of aromatic nitrogens is 1. The van der Waals surface area contributed by atoms with Crippen molar-refractivity contribution in [1.82, 2.24) is 9.88 Å². The largest absolute Gasteiger partial charge is 0.411 e. The number of rotatable bonds is 7. The van der Waals surface area contributed by atoms with Crippen LogP contribution in [0.3, 0.4) is 0 Å². The van der Waals surface area contributed by atoms with Crippen molar-refractivity contribution >= 4 is 11.1 Å². The second kappa shape index (κ2) is 8.57. The molecule has 0 unspecified atom stereocenters. The van der Waals surface area contributed by atoms with Crippen molar-refractivity contribution in [1.29, 1.82) is 0 Å². The Bertz CT molecular complexity index is 817. The third-order valence-corrected chi connectivity index (χ3v) is 5.59. The summed E-state index contributed by atoms with van der Waals surface area (Å²) in [5, 5.41) is 0. The first kappa shape index (κ1) is 18.1. The van der Waals surface area contributed by atoms with Crippen LogP contribution in [0.2, 0.25) is 0 Å². The summed E-state index contributed by atoms with van der Waals surface area (Å²) in [4.78, 5) is 7.01. The van der Waals surface area contributed by atoms with Crippen LogP contribution in [0, 0.1) is 0 Å². The summed E-state index contributed by atoms with van der Waals surface area (Å²) in [5.41, 5.74) is 2.90. The number of benzene rings is 2. The highest BCUT2D eigenvalue weighted by Gasteiger charge is 2.19. The number of fused-ring (bicyclic) bond motifs is 1. The zero-order chi connectivity index (χ0) is 18.5. The molecule has 1 saturated carbocycles. The van der Waals surface area contributed by atoms with Gasteiger partial charge in [0.05, 0.1) is 0 Å². The van der Waals surface area contributed by atoms with Gasteiger partial charge in [-0.2, -0.15) is 4.98 Å². The van der Waals surface area contributed by atoms with Crippen LogP contribution in [0.4, 0.5) is 0 Å². The molecule has 4 heteroatoms. The first-order valence-corrected chi connectivity index (χ1v) is 10.2. The van der Waals surface area contributed by atoms with Gasteiger partial charge in [-0.05, 0) is 55.6 Å². The molecule has 2 aromatic carbocycles. The lowest BCUT2D eigenvalue weighted by atomic mass is 9.94. The molecule has 4 rings (SSSR count). The number of para-hydroxylation sites is 2. The third kappa shape index (κ3) is 4.51. The van der Waals surface area contributed by atoms with E-state index in [1.54, 1.807) is 0 Å². The van der Waals surface area contributed by atoms with Crippen molar-refractivity contribution in [2.75, 3.05) is 13.1 Å². The SMILES string of the molecule is CCN(CCc1ccc(Oc2nc3ccccc3o2)cc1)C1CCCCC1. The van der Waals surface area contributed by atoms with Crippen molar-refractivity contribution < 1.29 is 9.15 Å². The predicted molar refractivity (Wildman–Crippen MR) is 108 cm³/mol. The Kier molecular flexibility index (Phi) is 5.73. The van der Waals surface area contributed by atoms with Gasteiger partial charge in [0.15, 0.2) is 5.58 Å². The summed E-state index contributed by atoms with van der Waals surface area (Å²) in [6, 6.07) is 16.8. The Morgan fingerprint density at radius 2 is 1.81 bits per heavy atom. The van der Waals surface area contributed by atoms with Crippen LogP contribution in [-0.2, 0) is 6.42 Å². The maximum Gasteiger partial charge on any atom is 0.400 e. The highest BCUT2D eigenvalue weighted by Crippen LogP contribution is 2.26. The van der Waals surface area contributed by atoms with Gasteiger partial charge in [0.1, 0.15) is 11.3 Å². The monoisotopic (exact) mass is 364 g/mol. The number of hydrogen-bond donors (Lipinski definition) is 0. The van der Waals surface area contributed by atoms with Gasteiger partial charge in [-0.25, -0.2) is 0 Å². The average molecular weight is 364 g/mol. The fourth-order valence-corrected chi connectivity index (χ4v) is 4.04. The molecule has 0 amide bonds.